The van der Waals surface area contributed by atoms with Crippen molar-refractivity contribution in [2.24, 2.45) is 11.8 Å². The number of methoxy groups -OCH3 is 1. The minimum Gasteiger partial charge on any atom is -0.379 e. The molecule has 2 nitrogen and oxygen atoms in total. The van der Waals surface area contributed by atoms with Gasteiger partial charge in [-0.2, -0.15) is 0 Å². The number of ether oxygens (including phenoxy) is 2. The molecule has 1 fully saturated rings. The highest BCUT2D eigenvalue weighted by molar-refractivity contribution is 4.79. The van der Waals surface area contributed by atoms with Gasteiger partial charge >= 0.3 is 0 Å². The summed E-state index contributed by atoms with van der Waals surface area (Å²) in [5.74, 6) is 1.22. The summed E-state index contributed by atoms with van der Waals surface area (Å²) in [6, 6.07) is 0. The van der Waals surface area contributed by atoms with E-state index in [1.165, 1.54) is 0 Å². The van der Waals surface area contributed by atoms with Gasteiger partial charge in [0.15, 0.2) is 0 Å². The first-order chi connectivity index (χ1) is 5.16. The zero-order valence-electron chi connectivity index (χ0n) is 7.83. The van der Waals surface area contributed by atoms with Crippen LogP contribution in [0.2, 0.25) is 0 Å². The molecule has 1 saturated heterocycles. The maximum absolute atomic E-state index is 5.54. The monoisotopic (exact) mass is 158 g/mol. The van der Waals surface area contributed by atoms with Crippen LogP contribution < -0.4 is 0 Å². The van der Waals surface area contributed by atoms with Crippen molar-refractivity contribution in [2.45, 2.75) is 33.0 Å². The maximum Gasteiger partial charge on any atom is 0.0833 e. The van der Waals surface area contributed by atoms with Crippen molar-refractivity contribution in [2.75, 3.05) is 13.7 Å². The van der Waals surface area contributed by atoms with Gasteiger partial charge in [-0.05, 0) is 18.8 Å². The normalized spacial score (nSPS) is 45.8. The Kier molecular flexibility index (Phi) is 2.90. The standard InChI is InChI=1S/C9H18O2/c1-6-7(2)9(10-4)5-11-8(6)3/h6-9H,5H2,1-4H3/t6?,7-,8-,9+/m0/s1. The van der Waals surface area contributed by atoms with Crippen LogP contribution in [0.1, 0.15) is 20.8 Å². The van der Waals surface area contributed by atoms with Crippen LogP contribution in [-0.2, 0) is 9.47 Å². The van der Waals surface area contributed by atoms with E-state index in [-0.39, 0.29) is 0 Å². The zero-order valence-corrected chi connectivity index (χ0v) is 7.83. The summed E-state index contributed by atoms with van der Waals surface area (Å²) < 4.78 is 10.8. The molecule has 0 aromatic rings. The summed E-state index contributed by atoms with van der Waals surface area (Å²) in [4.78, 5) is 0. The predicted octanol–water partition coefficient (Wildman–Crippen LogP) is 1.69. The van der Waals surface area contributed by atoms with E-state index in [1.807, 2.05) is 0 Å². The third kappa shape index (κ3) is 1.74. The Hall–Kier alpha value is -0.0800. The van der Waals surface area contributed by atoms with Gasteiger partial charge in [-0.15, -0.1) is 0 Å². The van der Waals surface area contributed by atoms with Gasteiger partial charge in [-0.3, -0.25) is 0 Å². The lowest BCUT2D eigenvalue weighted by Gasteiger charge is -2.37. The predicted molar refractivity (Wildman–Crippen MR) is 44.5 cm³/mol. The minimum absolute atomic E-state index is 0.293. The average molecular weight is 158 g/mol. The third-order valence-electron chi connectivity index (χ3n) is 2.98. The Morgan fingerprint density at radius 3 is 2.36 bits per heavy atom. The molecule has 4 atom stereocenters. The highest BCUT2D eigenvalue weighted by Gasteiger charge is 2.32. The Morgan fingerprint density at radius 2 is 1.82 bits per heavy atom. The molecule has 66 valence electrons. The van der Waals surface area contributed by atoms with E-state index in [9.17, 15) is 0 Å². The maximum atomic E-state index is 5.54. The fourth-order valence-corrected chi connectivity index (χ4v) is 1.60. The van der Waals surface area contributed by atoms with Crippen molar-refractivity contribution in [1.82, 2.24) is 0 Å². The van der Waals surface area contributed by atoms with Gasteiger partial charge in [-0.1, -0.05) is 13.8 Å². The number of rotatable bonds is 1. The van der Waals surface area contributed by atoms with Crippen molar-refractivity contribution in [3.8, 4) is 0 Å². The van der Waals surface area contributed by atoms with Gasteiger partial charge in [-0.25, -0.2) is 0 Å². The molecule has 0 aromatic heterocycles. The summed E-state index contributed by atoms with van der Waals surface area (Å²) >= 11 is 0. The zero-order chi connectivity index (χ0) is 8.43. The summed E-state index contributed by atoms with van der Waals surface area (Å²) in [6.07, 6.45) is 0.678. The van der Waals surface area contributed by atoms with Gasteiger partial charge in [0, 0.05) is 7.11 Å². The Labute approximate surface area is 68.9 Å². The van der Waals surface area contributed by atoms with Gasteiger partial charge in [0.25, 0.3) is 0 Å². The van der Waals surface area contributed by atoms with E-state index in [0.29, 0.717) is 24.0 Å². The van der Waals surface area contributed by atoms with E-state index in [2.05, 4.69) is 20.8 Å². The molecule has 0 aliphatic carbocycles. The van der Waals surface area contributed by atoms with Crippen LogP contribution in [0.25, 0.3) is 0 Å². The highest BCUT2D eigenvalue weighted by atomic mass is 16.5. The molecular weight excluding hydrogens is 140 g/mol. The van der Waals surface area contributed by atoms with Crippen molar-refractivity contribution < 1.29 is 9.47 Å². The lowest BCUT2D eigenvalue weighted by atomic mass is 9.85. The van der Waals surface area contributed by atoms with E-state index in [4.69, 9.17) is 9.47 Å². The minimum atomic E-state index is 0.293. The smallest absolute Gasteiger partial charge is 0.0833 e. The summed E-state index contributed by atoms with van der Waals surface area (Å²) in [6.45, 7) is 7.34. The average Bonchev–Trinajstić information content (AvgIpc) is 2.01. The number of hydrogen-bond acceptors (Lipinski definition) is 2. The molecule has 2 heteroatoms. The summed E-state index contributed by atoms with van der Waals surface area (Å²) in [5, 5.41) is 0. The second-order valence-corrected chi connectivity index (χ2v) is 3.53. The quantitative estimate of drug-likeness (QED) is 0.578. The largest absolute Gasteiger partial charge is 0.379 e. The molecule has 0 radical (unpaired) electrons. The van der Waals surface area contributed by atoms with Crippen molar-refractivity contribution in [3.05, 3.63) is 0 Å². The first-order valence-electron chi connectivity index (χ1n) is 4.31. The van der Waals surface area contributed by atoms with Crippen molar-refractivity contribution >= 4 is 0 Å². The fraction of sp³-hybridized carbons (Fsp3) is 1.00. The Balaban J connectivity index is 2.52. The van der Waals surface area contributed by atoms with Crippen molar-refractivity contribution in [1.29, 1.82) is 0 Å². The van der Waals surface area contributed by atoms with Gasteiger partial charge < -0.3 is 9.47 Å². The molecule has 1 aliphatic rings. The molecule has 0 saturated carbocycles. The molecule has 1 rings (SSSR count). The second kappa shape index (κ2) is 3.55. The lowest BCUT2D eigenvalue weighted by Crippen LogP contribution is -2.42. The molecule has 0 N–H and O–H groups in total. The van der Waals surface area contributed by atoms with Crippen LogP contribution in [0.15, 0.2) is 0 Å². The Bertz CT molecular complexity index is 123. The Morgan fingerprint density at radius 1 is 1.18 bits per heavy atom. The summed E-state index contributed by atoms with van der Waals surface area (Å²) in [5.41, 5.74) is 0. The van der Waals surface area contributed by atoms with Gasteiger partial charge in [0.2, 0.25) is 0 Å². The molecule has 1 unspecified atom stereocenters. The van der Waals surface area contributed by atoms with Crippen LogP contribution in [0.4, 0.5) is 0 Å². The van der Waals surface area contributed by atoms with Crippen LogP contribution >= 0.6 is 0 Å². The van der Waals surface area contributed by atoms with Crippen LogP contribution in [0.3, 0.4) is 0 Å². The van der Waals surface area contributed by atoms with Gasteiger partial charge in [0.05, 0.1) is 18.8 Å². The van der Waals surface area contributed by atoms with E-state index < -0.39 is 0 Å². The summed E-state index contributed by atoms with van der Waals surface area (Å²) in [7, 11) is 1.76. The van der Waals surface area contributed by atoms with E-state index in [0.717, 1.165) is 6.61 Å². The SMILES string of the molecule is CO[C@@H]1CO[C@@H](C)C(C)[C@@H]1C. The second-order valence-electron chi connectivity index (χ2n) is 3.53. The number of hydrogen-bond donors (Lipinski definition) is 0. The fourth-order valence-electron chi connectivity index (χ4n) is 1.60. The molecule has 0 amide bonds. The molecule has 0 spiro atoms. The molecule has 0 bridgehead atoms. The van der Waals surface area contributed by atoms with Crippen molar-refractivity contribution in [3.63, 3.8) is 0 Å². The van der Waals surface area contributed by atoms with Crippen LogP contribution in [0, 0.1) is 11.8 Å². The third-order valence-corrected chi connectivity index (χ3v) is 2.98. The van der Waals surface area contributed by atoms with Crippen LogP contribution in [-0.4, -0.2) is 25.9 Å². The molecule has 11 heavy (non-hydrogen) atoms. The van der Waals surface area contributed by atoms with E-state index in [1.54, 1.807) is 7.11 Å². The molecule has 1 heterocycles. The van der Waals surface area contributed by atoms with Gasteiger partial charge in [0.1, 0.15) is 0 Å². The first kappa shape index (κ1) is 9.01. The molecule has 1 aliphatic heterocycles. The highest BCUT2D eigenvalue weighted by Crippen LogP contribution is 2.27. The van der Waals surface area contributed by atoms with E-state index >= 15 is 0 Å². The molecule has 0 aromatic carbocycles. The first-order valence-corrected chi connectivity index (χ1v) is 4.31. The van der Waals surface area contributed by atoms with Crippen LogP contribution in [0.5, 0.6) is 0 Å². The molecular formula is C9H18O2. The lowest BCUT2D eigenvalue weighted by molar-refractivity contribution is -0.122. The topological polar surface area (TPSA) is 18.5 Å².